The van der Waals surface area contributed by atoms with Gasteiger partial charge in [-0.15, -0.1) is 0 Å². The minimum absolute atomic E-state index is 0.948. The van der Waals surface area contributed by atoms with Gasteiger partial charge in [-0.25, -0.2) is 0 Å². The smallest absolute Gasteiger partial charge is 0.0233 e. The van der Waals surface area contributed by atoms with E-state index in [1.165, 1.54) is 44.9 Å². The minimum atomic E-state index is 0.948. The fourth-order valence-corrected chi connectivity index (χ4v) is 1.93. The molecule has 0 aliphatic heterocycles. The quantitative estimate of drug-likeness (QED) is 0.528. The Hall–Kier alpha value is -0.260. The Labute approximate surface area is 69.7 Å². The Morgan fingerprint density at radius 1 is 0.636 bits per heavy atom. The van der Waals surface area contributed by atoms with E-state index in [-0.39, 0.29) is 0 Å². The summed E-state index contributed by atoms with van der Waals surface area (Å²) in [6, 6.07) is 0. The molecule has 0 atom stereocenters. The molecular formula is C11H18. The van der Waals surface area contributed by atoms with Crippen molar-refractivity contribution in [2.75, 3.05) is 0 Å². The summed E-state index contributed by atoms with van der Waals surface area (Å²) in [5.74, 6) is 1.93. The highest BCUT2D eigenvalue weighted by atomic mass is 14.2. The van der Waals surface area contributed by atoms with Crippen LogP contribution in [0.3, 0.4) is 0 Å². The molecule has 0 amide bonds. The zero-order valence-electron chi connectivity index (χ0n) is 7.26. The van der Waals surface area contributed by atoms with Gasteiger partial charge in [0.1, 0.15) is 0 Å². The van der Waals surface area contributed by atoms with Gasteiger partial charge in [0.05, 0.1) is 0 Å². The Morgan fingerprint density at radius 2 is 1.18 bits per heavy atom. The van der Waals surface area contributed by atoms with Gasteiger partial charge in [0.25, 0.3) is 0 Å². The first-order valence-corrected chi connectivity index (χ1v) is 5.13. The molecule has 0 spiro atoms. The first-order valence-electron chi connectivity index (χ1n) is 5.13. The monoisotopic (exact) mass is 150 g/mol. The van der Waals surface area contributed by atoms with E-state index in [2.05, 4.69) is 12.2 Å². The number of rotatable bonds is 2. The summed E-state index contributed by atoms with van der Waals surface area (Å²) in [5.41, 5.74) is 0. The summed E-state index contributed by atoms with van der Waals surface area (Å²) in [6.07, 6.45) is 15.2. The molecule has 2 saturated carbocycles. The molecule has 0 radical (unpaired) electrons. The molecule has 0 heterocycles. The summed E-state index contributed by atoms with van der Waals surface area (Å²) in [4.78, 5) is 0. The summed E-state index contributed by atoms with van der Waals surface area (Å²) in [5, 5.41) is 0. The van der Waals surface area contributed by atoms with Crippen LogP contribution in [0.25, 0.3) is 0 Å². The van der Waals surface area contributed by atoms with Crippen molar-refractivity contribution in [1.82, 2.24) is 0 Å². The summed E-state index contributed by atoms with van der Waals surface area (Å²) >= 11 is 0. The van der Waals surface area contributed by atoms with Crippen LogP contribution in [0.1, 0.15) is 44.9 Å². The molecule has 0 aromatic carbocycles. The third-order valence-electron chi connectivity index (χ3n) is 2.93. The molecule has 0 heteroatoms. The molecule has 11 heavy (non-hydrogen) atoms. The van der Waals surface area contributed by atoms with Gasteiger partial charge in [-0.1, -0.05) is 31.4 Å². The van der Waals surface area contributed by atoms with Gasteiger partial charge < -0.3 is 0 Å². The molecule has 2 aliphatic carbocycles. The van der Waals surface area contributed by atoms with E-state index in [0.717, 1.165) is 11.8 Å². The molecule has 2 aliphatic rings. The lowest BCUT2D eigenvalue weighted by Gasteiger charge is -2.17. The second-order valence-corrected chi connectivity index (χ2v) is 4.12. The van der Waals surface area contributed by atoms with Crippen molar-refractivity contribution in [3.8, 4) is 0 Å². The average molecular weight is 150 g/mol. The van der Waals surface area contributed by atoms with Crippen molar-refractivity contribution >= 4 is 0 Å². The van der Waals surface area contributed by atoms with Crippen molar-refractivity contribution in [1.29, 1.82) is 0 Å². The largest absolute Gasteiger partial charge is 0.0851 e. The first-order chi connectivity index (χ1) is 5.45. The SMILES string of the molecule is C(=CC1CC1)C1CCCCC1. The van der Waals surface area contributed by atoms with E-state index in [1.807, 2.05) is 0 Å². The Kier molecular flexibility index (Phi) is 2.30. The molecule has 2 fully saturated rings. The lowest BCUT2D eigenvalue weighted by Crippen LogP contribution is -2.02. The highest BCUT2D eigenvalue weighted by Crippen LogP contribution is 2.32. The molecule has 0 nitrogen and oxygen atoms in total. The molecular weight excluding hydrogens is 132 g/mol. The maximum Gasteiger partial charge on any atom is -0.0233 e. The fourth-order valence-electron chi connectivity index (χ4n) is 1.93. The maximum absolute atomic E-state index is 2.50. The van der Waals surface area contributed by atoms with Crippen molar-refractivity contribution in [3.05, 3.63) is 12.2 Å². The molecule has 0 unspecified atom stereocenters. The van der Waals surface area contributed by atoms with Crippen molar-refractivity contribution < 1.29 is 0 Å². The van der Waals surface area contributed by atoms with Gasteiger partial charge >= 0.3 is 0 Å². The molecule has 0 saturated heterocycles. The Morgan fingerprint density at radius 3 is 1.73 bits per heavy atom. The van der Waals surface area contributed by atoms with Crippen LogP contribution in [-0.4, -0.2) is 0 Å². The third-order valence-corrected chi connectivity index (χ3v) is 2.93. The van der Waals surface area contributed by atoms with Crippen LogP contribution in [0.15, 0.2) is 12.2 Å². The summed E-state index contributed by atoms with van der Waals surface area (Å²) < 4.78 is 0. The predicted molar refractivity (Wildman–Crippen MR) is 48.4 cm³/mol. The zero-order chi connectivity index (χ0) is 7.52. The van der Waals surface area contributed by atoms with Gasteiger partial charge in [0, 0.05) is 0 Å². The fraction of sp³-hybridized carbons (Fsp3) is 0.818. The van der Waals surface area contributed by atoms with Crippen LogP contribution in [0.4, 0.5) is 0 Å². The Bertz CT molecular complexity index is 136. The third kappa shape index (κ3) is 2.36. The van der Waals surface area contributed by atoms with E-state index < -0.39 is 0 Å². The predicted octanol–water partition coefficient (Wildman–Crippen LogP) is 3.53. The lowest BCUT2D eigenvalue weighted by atomic mass is 9.89. The maximum atomic E-state index is 2.50. The van der Waals surface area contributed by atoms with Crippen molar-refractivity contribution in [2.24, 2.45) is 11.8 Å². The molecule has 0 aromatic heterocycles. The van der Waals surface area contributed by atoms with Crippen LogP contribution >= 0.6 is 0 Å². The van der Waals surface area contributed by atoms with Crippen LogP contribution in [0, 0.1) is 11.8 Å². The summed E-state index contributed by atoms with van der Waals surface area (Å²) in [7, 11) is 0. The van der Waals surface area contributed by atoms with Gasteiger partial charge in [0.15, 0.2) is 0 Å². The average Bonchev–Trinajstić information content (AvgIpc) is 2.86. The van der Waals surface area contributed by atoms with E-state index >= 15 is 0 Å². The second kappa shape index (κ2) is 3.42. The standard InChI is InChI=1S/C11H18/c1-2-4-10(5-3-1)6-7-11-8-9-11/h6-7,10-11H,1-5,8-9H2. The zero-order valence-corrected chi connectivity index (χ0v) is 7.26. The molecule has 0 aromatic rings. The van der Waals surface area contributed by atoms with Crippen LogP contribution in [-0.2, 0) is 0 Å². The number of allylic oxidation sites excluding steroid dienone is 2. The topological polar surface area (TPSA) is 0 Å². The summed E-state index contributed by atoms with van der Waals surface area (Å²) in [6.45, 7) is 0. The molecule has 0 bridgehead atoms. The van der Waals surface area contributed by atoms with Crippen LogP contribution < -0.4 is 0 Å². The van der Waals surface area contributed by atoms with Gasteiger partial charge in [-0.3, -0.25) is 0 Å². The van der Waals surface area contributed by atoms with Crippen LogP contribution in [0.2, 0.25) is 0 Å². The van der Waals surface area contributed by atoms with E-state index in [1.54, 1.807) is 0 Å². The highest BCUT2D eigenvalue weighted by molar-refractivity contribution is 4.99. The van der Waals surface area contributed by atoms with E-state index in [4.69, 9.17) is 0 Å². The molecule has 62 valence electrons. The normalized spacial score (nSPS) is 28.0. The Balaban J connectivity index is 1.74. The van der Waals surface area contributed by atoms with E-state index in [0.29, 0.717) is 0 Å². The number of hydrogen-bond acceptors (Lipinski definition) is 0. The van der Waals surface area contributed by atoms with E-state index in [9.17, 15) is 0 Å². The van der Waals surface area contributed by atoms with Crippen molar-refractivity contribution in [3.63, 3.8) is 0 Å². The van der Waals surface area contributed by atoms with Crippen LogP contribution in [0.5, 0.6) is 0 Å². The van der Waals surface area contributed by atoms with Gasteiger partial charge in [-0.2, -0.15) is 0 Å². The van der Waals surface area contributed by atoms with Crippen molar-refractivity contribution in [2.45, 2.75) is 44.9 Å². The minimum Gasteiger partial charge on any atom is -0.0851 e. The second-order valence-electron chi connectivity index (χ2n) is 4.12. The molecule has 2 rings (SSSR count). The first kappa shape index (κ1) is 7.39. The van der Waals surface area contributed by atoms with Gasteiger partial charge in [-0.05, 0) is 37.5 Å². The van der Waals surface area contributed by atoms with Gasteiger partial charge in [0.2, 0.25) is 0 Å². The molecule has 0 N–H and O–H groups in total. The number of hydrogen-bond donors (Lipinski definition) is 0. The lowest BCUT2D eigenvalue weighted by molar-refractivity contribution is 0.418. The highest BCUT2D eigenvalue weighted by Gasteiger charge is 2.18.